The molecule has 0 radical (unpaired) electrons. The molecule has 0 bridgehead atoms. The predicted molar refractivity (Wildman–Crippen MR) is 121 cm³/mol. The van der Waals surface area contributed by atoms with Gasteiger partial charge in [0.25, 0.3) is 0 Å². The summed E-state index contributed by atoms with van der Waals surface area (Å²) in [6.07, 6.45) is -8.46. The molecule has 0 unspecified atom stereocenters. The first-order valence-electron chi connectivity index (χ1n) is 11.9. The van der Waals surface area contributed by atoms with Crippen LogP contribution in [0.2, 0.25) is 0 Å². The summed E-state index contributed by atoms with van der Waals surface area (Å²) in [5.41, 5.74) is -3.42. The molecule has 37 heavy (non-hydrogen) atoms. The number of nitrogens with one attached hydrogen (secondary N) is 1. The number of hydrogen-bond acceptors (Lipinski definition) is 3. The molecule has 0 aromatic heterocycles. The second-order valence-corrected chi connectivity index (χ2v) is 9.54. The van der Waals surface area contributed by atoms with E-state index in [0.717, 1.165) is 5.56 Å². The highest BCUT2D eigenvalue weighted by molar-refractivity contribution is 5.84. The molecule has 0 spiro atoms. The van der Waals surface area contributed by atoms with Crippen molar-refractivity contribution < 1.29 is 40.7 Å². The molecule has 1 saturated heterocycles. The molecule has 2 aromatic carbocycles. The molecule has 1 saturated carbocycles. The standard InChI is InChI=1S/C26H26F6N2O3/c1-16(17-13-19(25(27,28)29)15-20(14-17)26(30,31)32)22(35)33-24(18-5-3-2-4-6-18)9-7-21(8-10-24)34-11-12-37-23(34)36/h2-6,13-16,21H,7-12H2,1H3,(H,33,35)/t16-,21?,24?/m0/s1. The van der Waals surface area contributed by atoms with Gasteiger partial charge in [-0.25, -0.2) is 4.79 Å². The van der Waals surface area contributed by atoms with E-state index in [4.69, 9.17) is 4.74 Å². The maximum Gasteiger partial charge on any atom is 0.416 e. The average Bonchev–Trinajstić information content (AvgIpc) is 3.29. The Morgan fingerprint density at radius 3 is 2.05 bits per heavy atom. The van der Waals surface area contributed by atoms with E-state index in [1.807, 2.05) is 12.1 Å². The second-order valence-electron chi connectivity index (χ2n) is 9.54. The summed E-state index contributed by atoms with van der Waals surface area (Å²) >= 11 is 0. The van der Waals surface area contributed by atoms with Crippen molar-refractivity contribution in [1.82, 2.24) is 10.2 Å². The molecule has 2 fully saturated rings. The molecule has 4 rings (SSSR count). The van der Waals surface area contributed by atoms with Crippen LogP contribution in [0.3, 0.4) is 0 Å². The van der Waals surface area contributed by atoms with Crippen LogP contribution in [0.1, 0.15) is 60.8 Å². The number of benzene rings is 2. The molecular formula is C26H26F6N2O3. The van der Waals surface area contributed by atoms with Crippen LogP contribution in [0.15, 0.2) is 48.5 Å². The lowest BCUT2D eigenvalue weighted by molar-refractivity contribution is -0.143. The normalized spacial score (nSPS) is 23.5. The number of cyclic esters (lactones) is 1. The Morgan fingerprint density at radius 1 is 1.00 bits per heavy atom. The van der Waals surface area contributed by atoms with Crippen LogP contribution in [-0.4, -0.2) is 36.1 Å². The highest BCUT2D eigenvalue weighted by atomic mass is 19.4. The first-order chi connectivity index (χ1) is 17.3. The molecule has 1 aliphatic carbocycles. The zero-order valence-corrected chi connectivity index (χ0v) is 20.0. The van der Waals surface area contributed by atoms with E-state index in [2.05, 4.69) is 5.32 Å². The largest absolute Gasteiger partial charge is 0.448 e. The number of ether oxygens (including phenoxy) is 1. The number of carbonyl (C=O) groups excluding carboxylic acids is 2. The first-order valence-corrected chi connectivity index (χ1v) is 11.9. The van der Waals surface area contributed by atoms with Gasteiger partial charge in [-0.1, -0.05) is 30.3 Å². The van der Waals surface area contributed by atoms with Gasteiger partial charge in [-0.3, -0.25) is 4.79 Å². The molecule has 2 aliphatic rings. The third kappa shape index (κ3) is 5.70. The highest BCUT2D eigenvalue weighted by Crippen LogP contribution is 2.41. The molecule has 200 valence electrons. The SMILES string of the molecule is C[C@H](C(=O)NC1(c2ccccc2)CCC(N2CCOC2=O)CC1)c1cc(C(F)(F)F)cc(C(F)(F)F)c1. The van der Waals surface area contributed by atoms with Crippen LogP contribution in [-0.2, 0) is 27.4 Å². The van der Waals surface area contributed by atoms with Gasteiger partial charge in [-0.15, -0.1) is 0 Å². The molecule has 2 aromatic rings. The minimum atomic E-state index is -5.01. The van der Waals surface area contributed by atoms with Crippen LogP contribution >= 0.6 is 0 Å². The van der Waals surface area contributed by atoms with Crippen LogP contribution < -0.4 is 5.32 Å². The van der Waals surface area contributed by atoms with E-state index in [1.165, 1.54) is 6.92 Å². The number of amides is 2. The molecule has 1 atom stereocenters. The van der Waals surface area contributed by atoms with Gasteiger partial charge in [-0.05, 0) is 61.9 Å². The summed E-state index contributed by atoms with van der Waals surface area (Å²) in [5, 5.41) is 2.95. The number of rotatable bonds is 5. The maximum absolute atomic E-state index is 13.3. The van der Waals surface area contributed by atoms with Gasteiger partial charge in [-0.2, -0.15) is 26.3 Å². The molecule has 5 nitrogen and oxygen atoms in total. The van der Waals surface area contributed by atoms with E-state index < -0.39 is 40.8 Å². The Hall–Kier alpha value is -3.24. The molecular weight excluding hydrogens is 502 g/mol. The lowest BCUT2D eigenvalue weighted by atomic mass is 9.74. The number of halogens is 6. The quantitative estimate of drug-likeness (QED) is 0.468. The highest BCUT2D eigenvalue weighted by Gasteiger charge is 2.43. The van der Waals surface area contributed by atoms with Gasteiger partial charge < -0.3 is 15.0 Å². The third-order valence-electron chi connectivity index (χ3n) is 7.23. The zero-order valence-electron chi connectivity index (χ0n) is 20.0. The van der Waals surface area contributed by atoms with Gasteiger partial charge in [0.15, 0.2) is 0 Å². The zero-order chi connectivity index (χ0) is 27.0. The summed E-state index contributed by atoms with van der Waals surface area (Å²) in [6.45, 7) is 2.07. The van der Waals surface area contributed by atoms with Crippen molar-refractivity contribution in [2.45, 2.75) is 62.5 Å². The fraction of sp³-hybridized carbons (Fsp3) is 0.462. The molecule has 1 aliphatic heterocycles. The Bertz CT molecular complexity index is 1110. The Kier molecular flexibility index (Phi) is 7.18. The fourth-order valence-corrected chi connectivity index (χ4v) is 5.11. The number of alkyl halides is 6. The van der Waals surface area contributed by atoms with E-state index in [1.54, 1.807) is 23.1 Å². The van der Waals surface area contributed by atoms with E-state index in [0.29, 0.717) is 51.0 Å². The Morgan fingerprint density at radius 2 is 1.57 bits per heavy atom. The topological polar surface area (TPSA) is 58.6 Å². The summed E-state index contributed by atoms with van der Waals surface area (Å²) in [5.74, 6) is -1.97. The summed E-state index contributed by atoms with van der Waals surface area (Å²) in [7, 11) is 0. The smallest absolute Gasteiger partial charge is 0.416 e. The van der Waals surface area contributed by atoms with Crippen molar-refractivity contribution in [1.29, 1.82) is 0 Å². The monoisotopic (exact) mass is 528 g/mol. The van der Waals surface area contributed by atoms with Crippen molar-refractivity contribution in [2.75, 3.05) is 13.2 Å². The Labute approximate surface area is 209 Å². The maximum atomic E-state index is 13.3. The summed E-state index contributed by atoms with van der Waals surface area (Å²) < 4.78 is 85.1. The molecule has 11 heteroatoms. The third-order valence-corrected chi connectivity index (χ3v) is 7.23. The van der Waals surface area contributed by atoms with Crippen molar-refractivity contribution in [3.05, 3.63) is 70.8 Å². The van der Waals surface area contributed by atoms with Crippen LogP contribution in [0.25, 0.3) is 0 Å². The number of nitrogens with zero attached hydrogens (tertiary/aromatic N) is 1. The lowest BCUT2D eigenvalue weighted by Gasteiger charge is -2.43. The van der Waals surface area contributed by atoms with Crippen molar-refractivity contribution in [2.24, 2.45) is 0 Å². The van der Waals surface area contributed by atoms with Crippen molar-refractivity contribution in [3.63, 3.8) is 0 Å². The number of hydrogen-bond donors (Lipinski definition) is 1. The average molecular weight is 528 g/mol. The minimum Gasteiger partial charge on any atom is -0.448 e. The molecule has 2 amide bonds. The lowest BCUT2D eigenvalue weighted by Crippen LogP contribution is -2.52. The summed E-state index contributed by atoms with van der Waals surface area (Å²) in [4.78, 5) is 27.0. The van der Waals surface area contributed by atoms with Gasteiger partial charge in [0.2, 0.25) is 5.91 Å². The summed E-state index contributed by atoms with van der Waals surface area (Å²) in [6, 6.07) is 10.2. The van der Waals surface area contributed by atoms with E-state index in [-0.39, 0.29) is 23.8 Å². The van der Waals surface area contributed by atoms with Gasteiger partial charge in [0.1, 0.15) is 6.61 Å². The second kappa shape index (κ2) is 9.90. The van der Waals surface area contributed by atoms with E-state index >= 15 is 0 Å². The van der Waals surface area contributed by atoms with Gasteiger partial charge in [0.05, 0.1) is 29.1 Å². The molecule has 1 N–H and O–H groups in total. The predicted octanol–water partition coefficient (Wildman–Crippen LogP) is 6.23. The van der Waals surface area contributed by atoms with Crippen LogP contribution in [0.4, 0.5) is 31.1 Å². The van der Waals surface area contributed by atoms with Crippen molar-refractivity contribution >= 4 is 12.0 Å². The van der Waals surface area contributed by atoms with Crippen LogP contribution in [0.5, 0.6) is 0 Å². The van der Waals surface area contributed by atoms with Crippen molar-refractivity contribution in [3.8, 4) is 0 Å². The van der Waals surface area contributed by atoms with Gasteiger partial charge in [0, 0.05) is 6.04 Å². The molecule has 1 heterocycles. The van der Waals surface area contributed by atoms with Crippen LogP contribution in [0, 0.1) is 0 Å². The fourth-order valence-electron chi connectivity index (χ4n) is 5.11. The Balaban J connectivity index is 1.61. The first kappa shape index (κ1) is 26.8. The minimum absolute atomic E-state index is 0.0459. The van der Waals surface area contributed by atoms with Gasteiger partial charge >= 0.3 is 18.4 Å². The van der Waals surface area contributed by atoms with E-state index in [9.17, 15) is 35.9 Å². The number of carbonyl (C=O) groups is 2.